The molecule has 3 N–H and O–H groups in total. The van der Waals surface area contributed by atoms with E-state index in [1.807, 2.05) is 71.6 Å². The summed E-state index contributed by atoms with van der Waals surface area (Å²) in [4.78, 5) is 14.2. The van der Waals surface area contributed by atoms with Crippen molar-refractivity contribution in [3.05, 3.63) is 64.9 Å². The van der Waals surface area contributed by atoms with Crippen molar-refractivity contribution in [2.45, 2.75) is 79.2 Å². The summed E-state index contributed by atoms with van der Waals surface area (Å²) in [5.41, 5.74) is 8.31. The molecule has 2 aliphatic rings. The van der Waals surface area contributed by atoms with Crippen LogP contribution in [0.1, 0.15) is 84.8 Å². The van der Waals surface area contributed by atoms with Crippen molar-refractivity contribution in [1.29, 1.82) is 0 Å². The van der Waals surface area contributed by atoms with Crippen LogP contribution in [0.25, 0.3) is 6.08 Å². The second kappa shape index (κ2) is 16.4. The van der Waals surface area contributed by atoms with Gasteiger partial charge in [0, 0.05) is 18.1 Å². The van der Waals surface area contributed by atoms with Crippen molar-refractivity contribution in [2.24, 2.45) is 11.7 Å². The number of aliphatic hydroxyl groups is 1. The van der Waals surface area contributed by atoms with Gasteiger partial charge in [0.15, 0.2) is 0 Å². The average molecular weight is 507 g/mol. The van der Waals surface area contributed by atoms with Gasteiger partial charge in [0.05, 0.1) is 6.61 Å². The van der Waals surface area contributed by atoms with Gasteiger partial charge in [-0.3, -0.25) is 0 Å². The Balaban J connectivity index is 0.00000150. The molecule has 1 aromatic carbocycles. The molecule has 1 aliphatic carbocycles. The lowest BCUT2D eigenvalue weighted by Gasteiger charge is -2.37. The third-order valence-corrected chi connectivity index (χ3v) is 5.86. The van der Waals surface area contributed by atoms with Gasteiger partial charge >= 0.3 is 6.09 Å². The molecule has 3 rings (SSSR count). The number of hydrogen-bond acceptors (Lipinski definition) is 4. The fraction of sp³-hybridized carbons (Fsp3) is 0.552. The lowest BCUT2D eigenvalue weighted by atomic mass is 9.76. The molecule has 1 atom stereocenters. The first kappa shape index (κ1) is 32.8. The van der Waals surface area contributed by atoms with Crippen molar-refractivity contribution in [2.75, 3.05) is 19.7 Å². The first-order valence-electron chi connectivity index (χ1n) is 12.7. The molecule has 6 heteroatoms. The second-order valence-corrected chi connectivity index (χ2v) is 9.49. The van der Waals surface area contributed by atoms with Gasteiger partial charge in [-0.2, -0.15) is 0 Å². The minimum atomic E-state index is -0.475. The number of hydrogen-bond donors (Lipinski definition) is 2. The zero-order valence-corrected chi connectivity index (χ0v) is 23.6. The van der Waals surface area contributed by atoms with E-state index in [4.69, 9.17) is 16.3 Å². The average Bonchev–Trinajstić information content (AvgIpc) is 2.97. The van der Waals surface area contributed by atoms with Gasteiger partial charge in [-0.25, -0.2) is 4.79 Å². The summed E-state index contributed by atoms with van der Waals surface area (Å²) in [6.45, 7) is 22.4. The van der Waals surface area contributed by atoms with Gasteiger partial charge in [0.25, 0.3) is 0 Å². The maximum atomic E-state index is 12.4. The maximum Gasteiger partial charge on any atom is 0.410 e. The van der Waals surface area contributed by atoms with E-state index in [-0.39, 0.29) is 12.7 Å². The van der Waals surface area contributed by atoms with Crippen molar-refractivity contribution in [3.8, 4) is 0 Å². The fourth-order valence-electron chi connectivity index (χ4n) is 4.19. The topological polar surface area (TPSA) is 75.8 Å². The van der Waals surface area contributed by atoms with Crippen LogP contribution in [0, 0.1) is 5.92 Å². The van der Waals surface area contributed by atoms with Crippen LogP contribution >= 0.6 is 11.6 Å². The normalized spacial score (nSPS) is 17.5. The fourth-order valence-corrected chi connectivity index (χ4v) is 4.37. The molecule has 1 aromatic rings. The summed E-state index contributed by atoms with van der Waals surface area (Å²) in [7, 11) is 0. The molecule has 1 heterocycles. The molecule has 1 amide bonds. The summed E-state index contributed by atoms with van der Waals surface area (Å²) in [6.07, 6.45) is 5.70. The molecule has 0 radical (unpaired) electrons. The quantitative estimate of drug-likeness (QED) is 0.434. The number of halogens is 1. The Kier molecular flexibility index (Phi) is 15.4. The standard InChI is InChI=1S/C23H30ClNO3.C2H5N.2C2H6/c1-15-11-21(20-6-5-19(24)13-17(20)12-18(15)14-26)16-7-9-25(10-8-16)22(27)28-23(2,3)4;1-2-3;2*1-2/h5-6,12-13,16,21,26H,1,7-11,14H2,2-4H3;2H,1,3H2;2*1-2H3. The maximum absolute atomic E-state index is 12.4. The monoisotopic (exact) mass is 506 g/mol. The number of piperidine rings is 1. The first-order chi connectivity index (χ1) is 16.6. The molecule has 35 heavy (non-hydrogen) atoms. The lowest BCUT2D eigenvalue weighted by molar-refractivity contribution is 0.0173. The summed E-state index contributed by atoms with van der Waals surface area (Å²) in [6, 6.07) is 6.00. The Morgan fingerprint density at radius 2 is 1.77 bits per heavy atom. The van der Waals surface area contributed by atoms with Gasteiger partial charge in [0.1, 0.15) is 5.60 Å². The van der Waals surface area contributed by atoms with Crippen LogP contribution in [0.2, 0.25) is 5.02 Å². The van der Waals surface area contributed by atoms with Crippen LogP contribution in [0.15, 0.2) is 48.7 Å². The highest BCUT2D eigenvalue weighted by atomic mass is 35.5. The van der Waals surface area contributed by atoms with E-state index >= 15 is 0 Å². The molecule has 1 unspecified atom stereocenters. The molecule has 1 saturated heterocycles. The highest BCUT2D eigenvalue weighted by molar-refractivity contribution is 6.30. The summed E-state index contributed by atoms with van der Waals surface area (Å²) < 4.78 is 5.52. The highest BCUT2D eigenvalue weighted by Crippen LogP contribution is 2.43. The van der Waals surface area contributed by atoms with Crippen molar-refractivity contribution in [3.63, 3.8) is 0 Å². The Morgan fingerprint density at radius 1 is 1.23 bits per heavy atom. The predicted octanol–water partition coefficient (Wildman–Crippen LogP) is 7.55. The molecule has 198 valence electrons. The van der Waals surface area contributed by atoms with Gasteiger partial charge in [0.2, 0.25) is 0 Å². The molecular weight excluding hydrogens is 460 g/mol. The Hall–Kier alpha value is -2.24. The summed E-state index contributed by atoms with van der Waals surface area (Å²) in [5, 5.41) is 10.4. The zero-order chi connectivity index (χ0) is 27.2. The van der Waals surface area contributed by atoms with E-state index in [9.17, 15) is 9.90 Å². The molecule has 0 spiro atoms. The molecule has 0 aromatic heterocycles. The van der Waals surface area contributed by atoms with E-state index in [1.54, 1.807) is 0 Å². The lowest BCUT2D eigenvalue weighted by Crippen LogP contribution is -2.42. The number of carbonyl (C=O) groups is 1. The Labute approximate surface area is 218 Å². The Bertz CT molecular complexity index is 835. The van der Waals surface area contributed by atoms with Crippen molar-refractivity contribution < 1.29 is 14.6 Å². The predicted molar refractivity (Wildman–Crippen MR) is 151 cm³/mol. The van der Waals surface area contributed by atoms with Gasteiger partial charge in [-0.15, -0.1) is 0 Å². The van der Waals surface area contributed by atoms with Crippen molar-refractivity contribution in [1.82, 2.24) is 4.90 Å². The van der Waals surface area contributed by atoms with Gasteiger partial charge in [-0.1, -0.05) is 58.5 Å². The number of nitrogens with two attached hydrogens (primary N) is 1. The van der Waals surface area contributed by atoms with E-state index in [2.05, 4.69) is 25.0 Å². The number of fused-ring (bicyclic) bond motifs is 1. The largest absolute Gasteiger partial charge is 0.444 e. The van der Waals surface area contributed by atoms with Crippen LogP contribution in [-0.2, 0) is 4.74 Å². The second-order valence-electron chi connectivity index (χ2n) is 9.06. The number of carbonyl (C=O) groups excluding carboxylic acids is 1. The van der Waals surface area contributed by atoms with E-state index in [1.165, 1.54) is 11.8 Å². The smallest absolute Gasteiger partial charge is 0.410 e. The number of nitrogens with zero attached hydrogens (tertiary/aromatic N) is 1. The molecule has 1 aliphatic heterocycles. The number of likely N-dealkylation sites (tertiary alicyclic amines) is 1. The minimum Gasteiger partial charge on any atom is -0.444 e. The summed E-state index contributed by atoms with van der Waals surface area (Å²) in [5.74, 6) is 0.752. The van der Waals surface area contributed by atoms with Crippen LogP contribution in [0.5, 0.6) is 0 Å². The Morgan fingerprint density at radius 3 is 2.26 bits per heavy atom. The van der Waals surface area contributed by atoms with E-state index < -0.39 is 5.60 Å². The number of aliphatic hydroxyl groups excluding tert-OH is 1. The third-order valence-electron chi connectivity index (χ3n) is 5.63. The molecular formula is C29H47ClN2O3. The molecule has 5 nitrogen and oxygen atoms in total. The zero-order valence-electron chi connectivity index (χ0n) is 22.9. The highest BCUT2D eigenvalue weighted by Gasteiger charge is 2.33. The van der Waals surface area contributed by atoms with Crippen LogP contribution in [-0.4, -0.2) is 41.4 Å². The number of ether oxygens (including phenoxy) is 1. The minimum absolute atomic E-state index is 0.0193. The van der Waals surface area contributed by atoms with Crippen LogP contribution in [0.4, 0.5) is 4.79 Å². The molecule has 0 saturated carbocycles. The van der Waals surface area contributed by atoms with Gasteiger partial charge < -0.3 is 20.5 Å². The summed E-state index contributed by atoms with van der Waals surface area (Å²) >= 11 is 6.23. The first-order valence-corrected chi connectivity index (χ1v) is 13.1. The van der Waals surface area contributed by atoms with Crippen LogP contribution < -0.4 is 5.73 Å². The number of rotatable bonds is 2. The third kappa shape index (κ3) is 10.5. The molecule has 1 fully saturated rings. The number of amides is 1. The van der Waals surface area contributed by atoms with Gasteiger partial charge in [-0.05, 0) is 98.6 Å². The molecule has 0 bridgehead atoms. The SMILES string of the molecule is C=C1CC(C2CCN(C(=O)OC(C)(C)C)CC2)c2ccc(Cl)cc2C=C1CO.C=CN.CC.CC. The van der Waals surface area contributed by atoms with E-state index in [0.29, 0.717) is 29.9 Å². The van der Waals surface area contributed by atoms with Crippen molar-refractivity contribution >= 4 is 23.8 Å². The number of benzene rings is 1. The van der Waals surface area contributed by atoms with Crippen LogP contribution in [0.3, 0.4) is 0 Å². The van der Waals surface area contributed by atoms with E-state index in [0.717, 1.165) is 36.0 Å².